The van der Waals surface area contributed by atoms with E-state index in [-0.39, 0.29) is 12.3 Å². The molecule has 0 bridgehead atoms. The standard InChI is InChI=1S/C12H11N3O2/c1-8-14-10-4-3-9(7-11(10)17-8)15(2)12(16)5-6-13/h3-4,7H,5H2,1-2H3. The van der Waals surface area contributed by atoms with Crippen molar-refractivity contribution in [1.29, 1.82) is 5.26 Å². The van der Waals surface area contributed by atoms with E-state index in [0.29, 0.717) is 17.2 Å². The maximum Gasteiger partial charge on any atom is 0.240 e. The molecule has 0 atom stereocenters. The number of hydrogen-bond donors (Lipinski definition) is 0. The van der Waals surface area contributed by atoms with Crippen LogP contribution in [0.15, 0.2) is 22.6 Å². The van der Waals surface area contributed by atoms with Crippen molar-refractivity contribution in [3.8, 4) is 6.07 Å². The molecule has 0 N–H and O–H groups in total. The molecule has 1 aromatic heterocycles. The van der Waals surface area contributed by atoms with Crippen LogP contribution in [0.4, 0.5) is 5.69 Å². The second-order valence-corrected chi connectivity index (χ2v) is 3.67. The summed E-state index contributed by atoms with van der Waals surface area (Å²) in [4.78, 5) is 17.1. The van der Waals surface area contributed by atoms with E-state index >= 15 is 0 Å². The van der Waals surface area contributed by atoms with Gasteiger partial charge in [-0.05, 0) is 12.1 Å². The molecule has 1 heterocycles. The Hall–Kier alpha value is -2.35. The van der Waals surface area contributed by atoms with Gasteiger partial charge in [-0.3, -0.25) is 4.79 Å². The van der Waals surface area contributed by atoms with Crippen LogP contribution in [-0.2, 0) is 4.79 Å². The molecular weight excluding hydrogens is 218 g/mol. The molecule has 5 nitrogen and oxygen atoms in total. The first-order chi connectivity index (χ1) is 8.11. The number of hydrogen-bond acceptors (Lipinski definition) is 4. The molecule has 0 aliphatic heterocycles. The minimum atomic E-state index is -0.247. The molecule has 86 valence electrons. The molecule has 0 saturated heterocycles. The summed E-state index contributed by atoms with van der Waals surface area (Å²) in [6, 6.07) is 7.14. The van der Waals surface area contributed by atoms with Gasteiger partial charge in [0.15, 0.2) is 11.5 Å². The second-order valence-electron chi connectivity index (χ2n) is 3.67. The first-order valence-corrected chi connectivity index (χ1v) is 5.12. The average Bonchev–Trinajstić information content (AvgIpc) is 2.67. The van der Waals surface area contributed by atoms with E-state index in [4.69, 9.17) is 9.68 Å². The Balaban J connectivity index is 2.36. The summed E-state index contributed by atoms with van der Waals surface area (Å²) in [6.07, 6.45) is -0.135. The number of nitriles is 1. The molecule has 0 aliphatic carbocycles. The van der Waals surface area contributed by atoms with Gasteiger partial charge in [0.25, 0.3) is 0 Å². The van der Waals surface area contributed by atoms with Gasteiger partial charge in [-0.25, -0.2) is 4.98 Å². The van der Waals surface area contributed by atoms with Gasteiger partial charge >= 0.3 is 0 Å². The van der Waals surface area contributed by atoms with Gasteiger partial charge in [-0.2, -0.15) is 5.26 Å². The number of amides is 1. The lowest BCUT2D eigenvalue weighted by Gasteiger charge is -2.15. The monoisotopic (exact) mass is 229 g/mol. The van der Waals surface area contributed by atoms with Gasteiger partial charge in [-0.15, -0.1) is 0 Å². The van der Waals surface area contributed by atoms with Crippen molar-refractivity contribution in [3.63, 3.8) is 0 Å². The molecule has 0 saturated carbocycles. The van der Waals surface area contributed by atoms with Crippen molar-refractivity contribution in [3.05, 3.63) is 24.1 Å². The highest BCUT2D eigenvalue weighted by atomic mass is 16.3. The number of oxazole rings is 1. The predicted molar refractivity (Wildman–Crippen MR) is 62.4 cm³/mol. The largest absolute Gasteiger partial charge is 0.441 e. The van der Waals surface area contributed by atoms with E-state index in [1.54, 1.807) is 32.2 Å². The molecule has 5 heteroatoms. The van der Waals surface area contributed by atoms with Crippen molar-refractivity contribution in [2.45, 2.75) is 13.3 Å². The van der Waals surface area contributed by atoms with E-state index in [1.807, 2.05) is 6.07 Å². The lowest BCUT2D eigenvalue weighted by molar-refractivity contribution is -0.117. The van der Waals surface area contributed by atoms with Crippen molar-refractivity contribution in [1.82, 2.24) is 4.98 Å². The zero-order valence-corrected chi connectivity index (χ0v) is 9.60. The second kappa shape index (κ2) is 4.26. The van der Waals surface area contributed by atoms with Gasteiger partial charge < -0.3 is 9.32 Å². The number of aromatic nitrogens is 1. The van der Waals surface area contributed by atoms with Gasteiger partial charge in [0.2, 0.25) is 5.91 Å². The molecule has 1 amide bonds. The summed E-state index contributed by atoms with van der Waals surface area (Å²) in [5, 5.41) is 8.48. The molecule has 0 radical (unpaired) electrons. The number of carbonyl (C=O) groups excluding carboxylic acids is 1. The van der Waals surface area contributed by atoms with Crippen LogP contribution in [0.1, 0.15) is 12.3 Å². The Kier molecular flexibility index (Phi) is 2.79. The van der Waals surface area contributed by atoms with Crippen LogP contribution in [0.3, 0.4) is 0 Å². The third kappa shape index (κ3) is 2.11. The molecule has 0 unspecified atom stereocenters. The summed E-state index contributed by atoms with van der Waals surface area (Å²) in [7, 11) is 1.63. The van der Waals surface area contributed by atoms with Gasteiger partial charge in [0.1, 0.15) is 11.9 Å². The molecule has 17 heavy (non-hydrogen) atoms. The van der Waals surface area contributed by atoms with E-state index in [1.165, 1.54) is 4.90 Å². The Morgan fingerprint density at radius 1 is 1.59 bits per heavy atom. The fraction of sp³-hybridized carbons (Fsp3) is 0.250. The van der Waals surface area contributed by atoms with Gasteiger partial charge in [0.05, 0.1) is 6.07 Å². The molecule has 0 spiro atoms. The number of rotatable bonds is 2. The van der Waals surface area contributed by atoms with Gasteiger partial charge in [0, 0.05) is 25.7 Å². The lowest BCUT2D eigenvalue weighted by Crippen LogP contribution is -2.25. The molecular formula is C12H11N3O2. The number of aryl methyl sites for hydroxylation is 1. The quantitative estimate of drug-likeness (QED) is 0.789. The molecule has 2 aromatic rings. The van der Waals surface area contributed by atoms with Crippen LogP contribution in [0.2, 0.25) is 0 Å². The van der Waals surface area contributed by atoms with Crippen molar-refractivity contribution < 1.29 is 9.21 Å². The normalized spacial score (nSPS) is 10.2. The third-order valence-electron chi connectivity index (χ3n) is 2.47. The molecule has 0 aliphatic rings. The molecule has 1 aromatic carbocycles. The highest BCUT2D eigenvalue weighted by molar-refractivity contribution is 5.95. The maximum atomic E-state index is 11.5. The SMILES string of the molecule is Cc1nc2ccc(N(C)C(=O)CC#N)cc2o1. The summed E-state index contributed by atoms with van der Waals surface area (Å²) in [6.45, 7) is 1.77. The summed E-state index contributed by atoms with van der Waals surface area (Å²) < 4.78 is 5.38. The van der Waals surface area contributed by atoms with E-state index in [0.717, 1.165) is 5.52 Å². The van der Waals surface area contributed by atoms with Crippen molar-refractivity contribution >= 4 is 22.7 Å². The van der Waals surface area contributed by atoms with Crippen LogP contribution in [0.25, 0.3) is 11.1 Å². The minimum absolute atomic E-state index is 0.135. The minimum Gasteiger partial charge on any atom is -0.441 e. The summed E-state index contributed by atoms with van der Waals surface area (Å²) in [5.41, 5.74) is 2.08. The predicted octanol–water partition coefficient (Wildman–Crippen LogP) is 2.01. The topological polar surface area (TPSA) is 70.1 Å². The maximum absolute atomic E-state index is 11.5. The number of anilines is 1. The van der Waals surface area contributed by atoms with Crippen LogP contribution in [0, 0.1) is 18.3 Å². The number of carbonyl (C=O) groups is 1. The number of nitrogens with zero attached hydrogens (tertiary/aromatic N) is 3. The number of fused-ring (bicyclic) bond motifs is 1. The zero-order chi connectivity index (χ0) is 12.4. The zero-order valence-electron chi connectivity index (χ0n) is 9.60. The fourth-order valence-electron chi connectivity index (χ4n) is 1.57. The summed E-state index contributed by atoms with van der Waals surface area (Å²) >= 11 is 0. The average molecular weight is 229 g/mol. The number of benzene rings is 1. The van der Waals surface area contributed by atoms with E-state index in [9.17, 15) is 4.79 Å². The van der Waals surface area contributed by atoms with Crippen LogP contribution in [0.5, 0.6) is 0 Å². The fourth-order valence-corrected chi connectivity index (χ4v) is 1.57. The Labute approximate surface area is 98.3 Å². The van der Waals surface area contributed by atoms with E-state index in [2.05, 4.69) is 4.98 Å². The van der Waals surface area contributed by atoms with Gasteiger partial charge in [-0.1, -0.05) is 0 Å². The molecule has 0 fully saturated rings. The first-order valence-electron chi connectivity index (χ1n) is 5.12. The summed E-state index contributed by atoms with van der Waals surface area (Å²) in [5.74, 6) is 0.339. The highest BCUT2D eigenvalue weighted by Crippen LogP contribution is 2.22. The Morgan fingerprint density at radius 2 is 2.35 bits per heavy atom. The van der Waals surface area contributed by atoms with Crippen molar-refractivity contribution in [2.24, 2.45) is 0 Å². The molecule has 2 rings (SSSR count). The lowest BCUT2D eigenvalue weighted by atomic mass is 10.2. The smallest absolute Gasteiger partial charge is 0.240 e. The van der Waals surface area contributed by atoms with Crippen LogP contribution < -0.4 is 4.90 Å². The van der Waals surface area contributed by atoms with E-state index < -0.39 is 0 Å². The first kappa shape index (κ1) is 11.1. The Bertz CT molecular complexity index is 610. The van der Waals surface area contributed by atoms with Crippen LogP contribution >= 0.6 is 0 Å². The van der Waals surface area contributed by atoms with Crippen molar-refractivity contribution in [2.75, 3.05) is 11.9 Å². The third-order valence-corrected chi connectivity index (χ3v) is 2.47. The van der Waals surface area contributed by atoms with Crippen LogP contribution in [-0.4, -0.2) is 17.9 Å². The Morgan fingerprint density at radius 3 is 3.06 bits per heavy atom. The highest BCUT2D eigenvalue weighted by Gasteiger charge is 2.12.